The van der Waals surface area contributed by atoms with Crippen molar-refractivity contribution in [2.24, 2.45) is 0 Å². The summed E-state index contributed by atoms with van der Waals surface area (Å²) in [6.45, 7) is 3.85. The molecule has 2 amide bonds. The Bertz CT molecular complexity index is 738. The van der Waals surface area contributed by atoms with Crippen molar-refractivity contribution in [3.8, 4) is 0 Å². The van der Waals surface area contributed by atoms with Gasteiger partial charge in [0.1, 0.15) is 11.6 Å². The predicted octanol–water partition coefficient (Wildman–Crippen LogP) is 3.24. The molecule has 0 radical (unpaired) electrons. The fourth-order valence-electron chi connectivity index (χ4n) is 2.58. The molecule has 1 aliphatic rings. The topological polar surface area (TPSA) is 48.5 Å². The zero-order valence-corrected chi connectivity index (χ0v) is 12.6. The molecule has 0 fully saturated rings. The summed E-state index contributed by atoms with van der Waals surface area (Å²) >= 11 is 0. The SMILES string of the molecule is CCN1CCN(C(=O)Nc2cc(F)ccc2F)c2cccnc21. The summed E-state index contributed by atoms with van der Waals surface area (Å²) in [7, 11) is 0. The van der Waals surface area contributed by atoms with Gasteiger partial charge in [-0.25, -0.2) is 18.6 Å². The summed E-state index contributed by atoms with van der Waals surface area (Å²) in [4.78, 5) is 20.3. The van der Waals surface area contributed by atoms with E-state index in [0.717, 1.165) is 24.7 Å². The Balaban J connectivity index is 1.87. The number of carbonyl (C=O) groups is 1. The van der Waals surface area contributed by atoms with Crippen LogP contribution in [-0.4, -0.2) is 30.6 Å². The third kappa shape index (κ3) is 2.94. The van der Waals surface area contributed by atoms with Gasteiger partial charge in [-0.15, -0.1) is 0 Å². The first-order valence-electron chi connectivity index (χ1n) is 7.33. The Morgan fingerprint density at radius 2 is 2.13 bits per heavy atom. The van der Waals surface area contributed by atoms with Crippen molar-refractivity contribution in [3.05, 3.63) is 48.2 Å². The van der Waals surface area contributed by atoms with Gasteiger partial charge in [-0.1, -0.05) is 0 Å². The minimum Gasteiger partial charge on any atom is -0.353 e. The van der Waals surface area contributed by atoms with Crippen molar-refractivity contribution in [2.75, 3.05) is 34.8 Å². The normalized spacial score (nSPS) is 13.7. The molecule has 0 saturated heterocycles. The molecular formula is C16H16F2N4O. The summed E-state index contributed by atoms with van der Waals surface area (Å²) in [5.74, 6) is -0.589. The van der Waals surface area contributed by atoms with Gasteiger partial charge in [0.15, 0.2) is 5.82 Å². The first-order valence-corrected chi connectivity index (χ1v) is 7.33. The van der Waals surface area contributed by atoms with Crippen molar-refractivity contribution >= 4 is 23.2 Å². The van der Waals surface area contributed by atoms with Gasteiger partial charge < -0.3 is 10.2 Å². The molecule has 120 valence electrons. The molecule has 0 spiro atoms. The van der Waals surface area contributed by atoms with E-state index in [-0.39, 0.29) is 5.69 Å². The number of likely N-dealkylation sites (N-methyl/N-ethyl adjacent to an activating group) is 1. The van der Waals surface area contributed by atoms with Crippen LogP contribution in [0.15, 0.2) is 36.5 Å². The molecule has 3 rings (SSSR count). The maximum Gasteiger partial charge on any atom is 0.326 e. The van der Waals surface area contributed by atoms with Crippen LogP contribution in [0.25, 0.3) is 0 Å². The molecule has 1 aliphatic heterocycles. The molecule has 1 aromatic carbocycles. The van der Waals surface area contributed by atoms with Gasteiger partial charge in [-0.3, -0.25) is 4.90 Å². The average Bonchev–Trinajstić information content (AvgIpc) is 2.57. The number of amides is 2. The fourth-order valence-corrected chi connectivity index (χ4v) is 2.58. The van der Waals surface area contributed by atoms with Crippen LogP contribution >= 0.6 is 0 Å². The molecule has 0 aliphatic carbocycles. The van der Waals surface area contributed by atoms with E-state index in [1.54, 1.807) is 18.3 Å². The van der Waals surface area contributed by atoms with E-state index in [1.807, 2.05) is 6.92 Å². The third-order valence-electron chi connectivity index (χ3n) is 3.75. The summed E-state index contributed by atoms with van der Waals surface area (Å²) in [6.07, 6.45) is 1.66. The van der Waals surface area contributed by atoms with Crippen LogP contribution < -0.4 is 15.1 Å². The maximum atomic E-state index is 13.7. The Hall–Kier alpha value is -2.70. The van der Waals surface area contributed by atoms with Crippen LogP contribution in [0.5, 0.6) is 0 Å². The van der Waals surface area contributed by atoms with Gasteiger partial charge in [0.05, 0.1) is 11.4 Å². The number of halogens is 2. The first kappa shape index (κ1) is 15.2. The van der Waals surface area contributed by atoms with Gasteiger partial charge >= 0.3 is 6.03 Å². The minimum absolute atomic E-state index is 0.182. The molecule has 0 bridgehead atoms. The number of rotatable bonds is 2. The number of benzene rings is 1. The molecule has 0 atom stereocenters. The Labute approximate surface area is 132 Å². The highest BCUT2D eigenvalue weighted by Crippen LogP contribution is 2.31. The molecule has 1 aromatic heterocycles. The second-order valence-electron chi connectivity index (χ2n) is 5.13. The van der Waals surface area contributed by atoms with E-state index in [0.29, 0.717) is 24.6 Å². The third-order valence-corrected chi connectivity index (χ3v) is 3.75. The number of nitrogens with zero attached hydrogens (tertiary/aromatic N) is 3. The largest absolute Gasteiger partial charge is 0.353 e. The molecule has 23 heavy (non-hydrogen) atoms. The average molecular weight is 318 g/mol. The lowest BCUT2D eigenvalue weighted by atomic mass is 10.2. The Morgan fingerprint density at radius 1 is 1.30 bits per heavy atom. The van der Waals surface area contributed by atoms with E-state index >= 15 is 0 Å². The Kier molecular flexibility index (Phi) is 4.10. The number of anilines is 3. The number of hydrogen-bond donors (Lipinski definition) is 1. The fraction of sp³-hybridized carbons (Fsp3) is 0.250. The van der Waals surface area contributed by atoms with E-state index in [2.05, 4.69) is 15.2 Å². The first-order chi connectivity index (χ1) is 11.1. The van der Waals surface area contributed by atoms with Gasteiger partial charge in [0.25, 0.3) is 0 Å². The Morgan fingerprint density at radius 3 is 2.91 bits per heavy atom. The highest BCUT2D eigenvalue weighted by Gasteiger charge is 2.27. The number of carbonyl (C=O) groups excluding carboxylic acids is 1. The monoisotopic (exact) mass is 318 g/mol. The van der Waals surface area contributed by atoms with Crippen molar-refractivity contribution in [1.82, 2.24) is 4.98 Å². The van der Waals surface area contributed by atoms with Crippen LogP contribution in [0.3, 0.4) is 0 Å². The molecular weight excluding hydrogens is 302 g/mol. The van der Waals surface area contributed by atoms with Crippen LogP contribution in [0.1, 0.15) is 6.92 Å². The summed E-state index contributed by atoms with van der Waals surface area (Å²) in [5.41, 5.74) is 0.466. The van der Waals surface area contributed by atoms with E-state index in [4.69, 9.17) is 0 Å². The maximum absolute atomic E-state index is 13.7. The van der Waals surface area contributed by atoms with Gasteiger partial charge in [0, 0.05) is 31.9 Å². The molecule has 5 nitrogen and oxygen atoms in total. The van der Waals surface area contributed by atoms with Gasteiger partial charge in [-0.2, -0.15) is 0 Å². The lowest BCUT2D eigenvalue weighted by molar-refractivity contribution is 0.256. The molecule has 0 unspecified atom stereocenters. The van der Waals surface area contributed by atoms with Crippen LogP contribution in [0.4, 0.5) is 30.8 Å². The number of fused-ring (bicyclic) bond motifs is 1. The second-order valence-corrected chi connectivity index (χ2v) is 5.13. The number of nitrogens with one attached hydrogen (secondary N) is 1. The molecule has 7 heteroatoms. The van der Waals surface area contributed by atoms with E-state index in [1.165, 1.54) is 4.90 Å². The number of hydrogen-bond acceptors (Lipinski definition) is 3. The van der Waals surface area contributed by atoms with Crippen LogP contribution in [0, 0.1) is 11.6 Å². The lowest BCUT2D eigenvalue weighted by Crippen LogP contribution is -2.46. The zero-order valence-electron chi connectivity index (χ0n) is 12.6. The lowest BCUT2D eigenvalue weighted by Gasteiger charge is -2.35. The number of pyridine rings is 1. The zero-order chi connectivity index (χ0) is 16.4. The predicted molar refractivity (Wildman–Crippen MR) is 84.8 cm³/mol. The molecule has 2 aromatic rings. The van der Waals surface area contributed by atoms with Crippen molar-refractivity contribution in [2.45, 2.75) is 6.92 Å². The van der Waals surface area contributed by atoms with E-state index in [9.17, 15) is 13.6 Å². The standard InChI is InChI=1S/C16H16F2N4O/c1-2-21-8-9-22(14-4-3-7-19-15(14)21)16(23)20-13-10-11(17)5-6-12(13)18/h3-7,10H,2,8-9H2,1H3,(H,20,23). The molecule has 0 saturated carbocycles. The molecule has 1 N–H and O–H groups in total. The van der Waals surface area contributed by atoms with Crippen molar-refractivity contribution < 1.29 is 13.6 Å². The van der Waals surface area contributed by atoms with Crippen molar-refractivity contribution in [3.63, 3.8) is 0 Å². The second kappa shape index (κ2) is 6.20. The minimum atomic E-state index is -0.682. The number of urea groups is 1. The van der Waals surface area contributed by atoms with Crippen molar-refractivity contribution in [1.29, 1.82) is 0 Å². The highest BCUT2D eigenvalue weighted by molar-refractivity contribution is 6.04. The van der Waals surface area contributed by atoms with Gasteiger partial charge in [-0.05, 0) is 31.2 Å². The highest BCUT2D eigenvalue weighted by atomic mass is 19.1. The van der Waals surface area contributed by atoms with Crippen LogP contribution in [-0.2, 0) is 0 Å². The summed E-state index contributed by atoms with van der Waals surface area (Å²) < 4.78 is 26.9. The number of aromatic nitrogens is 1. The van der Waals surface area contributed by atoms with Crippen LogP contribution in [0.2, 0.25) is 0 Å². The summed E-state index contributed by atoms with van der Waals surface area (Å²) in [5, 5.41) is 2.42. The van der Waals surface area contributed by atoms with E-state index < -0.39 is 17.7 Å². The quantitative estimate of drug-likeness (QED) is 0.925. The smallest absolute Gasteiger partial charge is 0.326 e. The summed E-state index contributed by atoms with van der Waals surface area (Å²) in [6, 6.07) is 5.95. The molecule has 2 heterocycles. The van der Waals surface area contributed by atoms with Gasteiger partial charge in [0.2, 0.25) is 0 Å².